The van der Waals surface area contributed by atoms with Gasteiger partial charge >= 0.3 is 0 Å². The highest BCUT2D eigenvalue weighted by Gasteiger charge is 2.35. The SMILES string of the molecule is CC[C@@H](C)NC(=O)[C@@H](Cc1ccccc1)N(Cc1cccc(C)c1)C(=O)CN(c1cccc(Br)c1)S(=O)(=O)c1ccc(C)cc1. The molecule has 9 heteroatoms. The minimum absolute atomic E-state index is 0.0708. The number of hydrogen-bond donors (Lipinski definition) is 1. The Morgan fingerprint density at radius 1 is 0.822 bits per heavy atom. The van der Waals surface area contributed by atoms with Gasteiger partial charge in [0, 0.05) is 23.5 Å². The molecular formula is C36H40BrN3O4S. The average Bonchev–Trinajstić information content (AvgIpc) is 3.02. The molecule has 2 amide bonds. The van der Waals surface area contributed by atoms with E-state index in [1.165, 1.54) is 4.90 Å². The molecule has 0 aromatic heterocycles. The first-order chi connectivity index (χ1) is 21.5. The van der Waals surface area contributed by atoms with Crippen molar-refractivity contribution < 1.29 is 18.0 Å². The van der Waals surface area contributed by atoms with Crippen LogP contribution in [-0.2, 0) is 32.6 Å². The number of rotatable bonds is 13. The Balaban J connectivity index is 1.81. The number of nitrogens with zero attached hydrogens (tertiary/aromatic N) is 2. The highest BCUT2D eigenvalue weighted by atomic mass is 79.9. The number of anilines is 1. The van der Waals surface area contributed by atoms with Gasteiger partial charge in [0.2, 0.25) is 11.8 Å². The molecule has 4 aromatic carbocycles. The van der Waals surface area contributed by atoms with Crippen LogP contribution in [0.5, 0.6) is 0 Å². The van der Waals surface area contributed by atoms with E-state index in [1.54, 1.807) is 48.5 Å². The van der Waals surface area contributed by atoms with Crippen LogP contribution in [0.3, 0.4) is 0 Å². The number of benzene rings is 4. The smallest absolute Gasteiger partial charge is 0.264 e. The highest BCUT2D eigenvalue weighted by Crippen LogP contribution is 2.27. The minimum atomic E-state index is -4.16. The molecule has 0 unspecified atom stereocenters. The van der Waals surface area contributed by atoms with Crippen molar-refractivity contribution in [3.63, 3.8) is 0 Å². The van der Waals surface area contributed by atoms with Crippen molar-refractivity contribution in [3.8, 4) is 0 Å². The summed E-state index contributed by atoms with van der Waals surface area (Å²) in [5.74, 6) is -0.781. The molecule has 0 aliphatic carbocycles. The molecule has 0 aliphatic heterocycles. The molecular weight excluding hydrogens is 650 g/mol. The zero-order valence-electron chi connectivity index (χ0n) is 26.1. The summed E-state index contributed by atoms with van der Waals surface area (Å²) in [7, 11) is -4.16. The lowest BCUT2D eigenvalue weighted by molar-refractivity contribution is -0.140. The first-order valence-corrected chi connectivity index (χ1v) is 17.3. The zero-order chi connectivity index (χ0) is 32.6. The molecule has 0 aliphatic rings. The van der Waals surface area contributed by atoms with Gasteiger partial charge in [0.25, 0.3) is 10.0 Å². The fraction of sp³-hybridized carbons (Fsp3) is 0.278. The molecule has 0 spiro atoms. The third kappa shape index (κ3) is 9.05. The maximum absolute atomic E-state index is 14.6. The van der Waals surface area contributed by atoms with Crippen LogP contribution in [0.15, 0.2) is 112 Å². The molecule has 7 nitrogen and oxygen atoms in total. The Bertz CT molecular complexity index is 1710. The number of nitrogens with one attached hydrogen (secondary N) is 1. The molecule has 4 rings (SSSR count). The molecule has 45 heavy (non-hydrogen) atoms. The summed E-state index contributed by atoms with van der Waals surface area (Å²) in [5.41, 5.74) is 3.99. The lowest BCUT2D eigenvalue weighted by atomic mass is 10.0. The van der Waals surface area contributed by atoms with Crippen molar-refractivity contribution in [2.75, 3.05) is 10.8 Å². The third-order valence-electron chi connectivity index (χ3n) is 7.69. The maximum Gasteiger partial charge on any atom is 0.264 e. The molecule has 0 heterocycles. The van der Waals surface area contributed by atoms with Crippen molar-refractivity contribution >= 4 is 43.5 Å². The van der Waals surface area contributed by atoms with Gasteiger partial charge in [-0.1, -0.05) is 107 Å². The van der Waals surface area contributed by atoms with Gasteiger partial charge in [-0.2, -0.15) is 0 Å². The predicted octanol–water partition coefficient (Wildman–Crippen LogP) is 6.82. The molecule has 236 valence electrons. The Hall–Kier alpha value is -3.95. The second-order valence-electron chi connectivity index (χ2n) is 11.3. The number of aryl methyl sites for hydroxylation is 2. The Morgan fingerprint density at radius 3 is 2.13 bits per heavy atom. The second-order valence-corrected chi connectivity index (χ2v) is 14.1. The zero-order valence-corrected chi connectivity index (χ0v) is 28.5. The molecule has 0 radical (unpaired) electrons. The van der Waals surface area contributed by atoms with Crippen LogP contribution >= 0.6 is 15.9 Å². The topological polar surface area (TPSA) is 86.8 Å². The lowest BCUT2D eigenvalue weighted by Gasteiger charge is -2.34. The van der Waals surface area contributed by atoms with Crippen molar-refractivity contribution in [2.24, 2.45) is 0 Å². The van der Waals surface area contributed by atoms with Crippen LogP contribution in [0.4, 0.5) is 5.69 Å². The summed E-state index contributed by atoms with van der Waals surface area (Å²) in [5, 5.41) is 3.07. The third-order valence-corrected chi connectivity index (χ3v) is 9.97. The maximum atomic E-state index is 14.6. The van der Waals surface area contributed by atoms with E-state index < -0.39 is 28.5 Å². The molecule has 0 fully saturated rings. The van der Waals surface area contributed by atoms with Crippen LogP contribution in [-0.4, -0.2) is 43.8 Å². The Morgan fingerprint density at radius 2 is 1.49 bits per heavy atom. The number of carbonyl (C=O) groups excluding carboxylic acids is 2. The number of hydrogen-bond acceptors (Lipinski definition) is 4. The molecule has 2 atom stereocenters. The molecule has 0 saturated carbocycles. The first-order valence-electron chi connectivity index (χ1n) is 15.0. The summed E-state index contributed by atoms with van der Waals surface area (Å²) in [6.07, 6.45) is 0.989. The van der Waals surface area contributed by atoms with E-state index in [9.17, 15) is 18.0 Å². The van der Waals surface area contributed by atoms with Crippen LogP contribution in [0, 0.1) is 13.8 Å². The first kappa shape index (κ1) is 33.9. The van der Waals surface area contributed by atoms with E-state index in [1.807, 2.05) is 82.3 Å². The Kier molecular flexibility index (Phi) is 11.6. The van der Waals surface area contributed by atoms with Gasteiger partial charge in [0.1, 0.15) is 12.6 Å². The van der Waals surface area contributed by atoms with E-state index in [4.69, 9.17) is 0 Å². The highest BCUT2D eigenvalue weighted by molar-refractivity contribution is 9.10. The number of amides is 2. The van der Waals surface area contributed by atoms with Crippen LogP contribution < -0.4 is 9.62 Å². The lowest BCUT2D eigenvalue weighted by Crippen LogP contribution is -2.54. The van der Waals surface area contributed by atoms with E-state index in [0.717, 1.165) is 33.0 Å². The monoisotopic (exact) mass is 689 g/mol. The van der Waals surface area contributed by atoms with E-state index in [0.29, 0.717) is 10.2 Å². The summed E-state index contributed by atoms with van der Waals surface area (Å²) >= 11 is 3.45. The van der Waals surface area contributed by atoms with Crippen LogP contribution in [0.1, 0.15) is 42.5 Å². The summed E-state index contributed by atoms with van der Waals surface area (Å²) in [4.78, 5) is 30.1. The minimum Gasteiger partial charge on any atom is -0.352 e. The fourth-order valence-corrected chi connectivity index (χ4v) is 6.79. The Labute approximate surface area is 275 Å². The normalized spacial score (nSPS) is 12.6. The van der Waals surface area contributed by atoms with Gasteiger partial charge < -0.3 is 10.2 Å². The van der Waals surface area contributed by atoms with Gasteiger partial charge in [-0.25, -0.2) is 8.42 Å². The van der Waals surface area contributed by atoms with Crippen molar-refractivity contribution in [1.82, 2.24) is 10.2 Å². The van der Waals surface area contributed by atoms with Gasteiger partial charge in [0.15, 0.2) is 0 Å². The predicted molar refractivity (Wildman–Crippen MR) is 183 cm³/mol. The van der Waals surface area contributed by atoms with Crippen molar-refractivity contribution in [2.45, 2.75) is 64.1 Å². The molecule has 4 aromatic rings. The molecule has 0 saturated heterocycles. The van der Waals surface area contributed by atoms with E-state index in [-0.39, 0.29) is 29.8 Å². The van der Waals surface area contributed by atoms with Gasteiger partial charge in [0.05, 0.1) is 10.6 Å². The fourth-order valence-electron chi connectivity index (χ4n) is 5.00. The van der Waals surface area contributed by atoms with Gasteiger partial charge in [-0.3, -0.25) is 13.9 Å². The standard InChI is InChI=1S/C36H40BrN3O4S/c1-5-28(4)38-36(42)34(22-29-12-7-6-8-13-29)39(24-30-14-9-11-27(3)21-30)35(41)25-40(32-16-10-15-31(37)23-32)45(43,44)33-19-17-26(2)18-20-33/h6-21,23,28,34H,5,22,24-25H2,1-4H3,(H,38,42)/t28-,34-/m1/s1. The summed E-state index contributed by atoms with van der Waals surface area (Å²) < 4.78 is 30.1. The van der Waals surface area contributed by atoms with E-state index >= 15 is 0 Å². The second kappa shape index (κ2) is 15.4. The molecule has 0 bridgehead atoms. The average molecular weight is 691 g/mol. The van der Waals surface area contributed by atoms with E-state index in [2.05, 4.69) is 21.2 Å². The van der Waals surface area contributed by atoms with Crippen molar-refractivity contribution in [3.05, 3.63) is 130 Å². The van der Waals surface area contributed by atoms with Crippen LogP contribution in [0.25, 0.3) is 0 Å². The van der Waals surface area contributed by atoms with Gasteiger partial charge in [-0.05, 0) is 68.7 Å². The largest absolute Gasteiger partial charge is 0.352 e. The number of sulfonamides is 1. The van der Waals surface area contributed by atoms with Gasteiger partial charge in [-0.15, -0.1) is 0 Å². The molecule has 1 N–H and O–H groups in total. The number of halogens is 1. The van der Waals surface area contributed by atoms with Crippen LogP contribution in [0.2, 0.25) is 0 Å². The quantitative estimate of drug-likeness (QED) is 0.167. The van der Waals surface area contributed by atoms with Crippen molar-refractivity contribution in [1.29, 1.82) is 0 Å². The summed E-state index contributed by atoms with van der Waals surface area (Å²) in [6, 6.07) is 29.7. The summed E-state index contributed by atoms with van der Waals surface area (Å²) in [6.45, 7) is 7.39. The number of carbonyl (C=O) groups is 2.